The van der Waals surface area contributed by atoms with Crippen molar-refractivity contribution in [1.29, 1.82) is 0 Å². The van der Waals surface area contributed by atoms with Gasteiger partial charge < -0.3 is 10.1 Å². The molecule has 1 atom stereocenters. The predicted octanol–water partition coefficient (Wildman–Crippen LogP) is 2.12. The number of halogens is 1. The van der Waals surface area contributed by atoms with Crippen LogP contribution in [0.1, 0.15) is 23.6 Å². The Morgan fingerprint density at radius 2 is 2.36 bits per heavy atom. The molecule has 1 aromatic rings. The first-order valence-electron chi connectivity index (χ1n) is 4.78. The molecule has 0 spiro atoms. The van der Waals surface area contributed by atoms with Gasteiger partial charge in [0.15, 0.2) is 0 Å². The first kappa shape index (κ1) is 9.69. The lowest BCUT2D eigenvalue weighted by Gasteiger charge is -2.12. The molecular formula is C11H12ClNO. The number of aryl methyl sites for hydroxylation is 1. The molecule has 3 heteroatoms. The number of hydrogen-bond acceptors (Lipinski definition) is 2. The molecule has 1 aromatic carbocycles. The third-order valence-corrected chi connectivity index (χ3v) is 2.80. The normalized spacial score (nSPS) is 21.1. The van der Waals surface area contributed by atoms with Crippen molar-refractivity contribution in [2.45, 2.75) is 18.9 Å². The van der Waals surface area contributed by atoms with Gasteiger partial charge >= 0.3 is 0 Å². The van der Waals surface area contributed by atoms with Crippen LogP contribution in [0.3, 0.4) is 0 Å². The fourth-order valence-electron chi connectivity index (χ4n) is 1.86. The van der Waals surface area contributed by atoms with E-state index in [1.165, 1.54) is 5.56 Å². The summed E-state index contributed by atoms with van der Waals surface area (Å²) in [7, 11) is 0. The number of hydrogen-bond donors (Lipinski definition) is 1. The van der Waals surface area contributed by atoms with Crippen molar-refractivity contribution >= 4 is 17.9 Å². The van der Waals surface area contributed by atoms with Crippen LogP contribution in [0.5, 0.6) is 0 Å². The fourth-order valence-corrected chi connectivity index (χ4v) is 2.06. The van der Waals surface area contributed by atoms with Gasteiger partial charge in [-0.25, -0.2) is 0 Å². The van der Waals surface area contributed by atoms with E-state index in [1.807, 2.05) is 18.2 Å². The zero-order chi connectivity index (χ0) is 9.97. The molecular weight excluding hydrogens is 198 g/mol. The summed E-state index contributed by atoms with van der Waals surface area (Å²) in [5.41, 5.74) is 2.27. The maximum absolute atomic E-state index is 10.9. The Morgan fingerprint density at radius 1 is 1.50 bits per heavy atom. The average molecular weight is 210 g/mol. The molecule has 0 radical (unpaired) electrons. The highest BCUT2D eigenvalue weighted by Gasteiger charge is 2.16. The molecule has 1 heterocycles. The number of benzene rings is 1. The number of aldehydes is 1. The van der Waals surface area contributed by atoms with Crippen LogP contribution in [0.25, 0.3) is 0 Å². The maximum atomic E-state index is 10.9. The van der Waals surface area contributed by atoms with Gasteiger partial charge in [0.2, 0.25) is 0 Å². The predicted molar refractivity (Wildman–Crippen MR) is 56.6 cm³/mol. The van der Waals surface area contributed by atoms with E-state index in [4.69, 9.17) is 11.6 Å². The third kappa shape index (κ3) is 1.81. The molecule has 1 aliphatic rings. The highest BCUT2D eigenvalue weighted by molar-refractivity contribution is 6.30. The first-order chi connectivity index (χ1) is 6.81. The lowest BCUT2D eigenvalue weighted by atomic mass is 10.00. The second-order valence-corrected chi connectivity index (χ2v) is 3.95. The Hall–Kier alpha value is -0.860. The molecule has 0 aromatic heterocycles. The molecule has 14 heavy (non-hydrogen) atoms. The van der Waals surface area contributed by atoms with Crippen molar-refractivity contribution in [3.8, 4) is 0 Å². The van der Waals surface area contributed by atoms with Gasteiger partial charge in [-0.2, -0.15) is 0 Å². The van der Waals surface area contributed by atoms with Crippen LogP contribution in [0.2, 0.25) is 5.02 Å². The number of carbonyl (C=O) groups excluding carboxylic acids is 1. The molecule has 1 unspecified atom stereocenters. The molecule has 74 valence electrons. The van der Waals surface area contributed by atoms with Crippen LogP contribution in [0, 0.1) is 0 Å². The molecule has 0 saturated carbocycles. The van der Waals surface area contributed by atoms with Crippen molar-refractivity contribution in [2.24, 2.45) is 0 Å². The monoisotopic (exact) mass is 209 g/mol. The quantitative estimate of drug-likeness (QED) is 0.718. The van der Waals surface area contributed by atoms with E-state index in [0.29, 0.717) is 0 Å². The Kier molecular flexibility index (Phi) is 2.85. The topological polar surface area (TPSA) is 29.1 Å². The minimum absolute atomic E-state index is 0.162. The molecule has 1 N–H and O–H groups in total. The summed E-state index contributed by atoms with van der Waals surface area (Å²) in [5.74, 6) is 0. The van der Waals surface area contributed by atoms with Gasteiger partial charge in [0.05, 0.1) is 6.04 Å². The zero-order valence-electron chi connectivity index (χ0n) is 7.79. The largest absolute Gasteiger partial charge is 0.304 e. The van der Waals surface area contributed by atoms with E-state index < -0.39 is 0 Å². The molecule has 2 nitrogen and oxygen atoms in total. The van der Waals surface area contributed by atoms with E-state index >= 15 is 0 Å². The average Bonchev–Trinajstić information content (AvgIpc) is 2.38. The molecule has 0 fully saturated rings. The molecule has 2 rings (SSSR count). The lowest BCUT2D eigenvalue weighted by molar-refractivity contribution is -0.109. The number of rotatable bonds is 1. The molecule has 0 aliphatic carbocycles. The Morgan fingerprint density at radius 3 is 3.14 bits per heavy atom. The van der Waals surface area contributed by atoms with Crippen LogP contribution >= 0.6 is 11.6 Å². The standard InChI is InChI=1S/C11H12ClNO/c12-9-3-4-10-8(6-9)2-1-5-13-11(10)7-14/h3-4,6-7,11,13H,1-2,5H2. The van der Waals surface area contributed by atoms with Crippen molar-refractivity contribution in [3.05, 3.63) is 34.3 Å². The fraction of sp³-hybridized carbons (Fsp3) is 0.364. The maximum Gasteiger partial charge on any atom is 0.141 e. The van der Waals surface area contributed by atoms with E-state index in [1.54, 1.807) is 0 Å². The van der Waals surface area contributed by atoms with Crippen LogP contribution in [0.15, 0.2) is 18.2 Å². The minimum atomic E-state index is -0.162. The molecule has 0 amide bonds. The second kappa shape index (κ2) is 4.11. The number of carbonyl (C=O) groups is 1. The first-order valence-corrected chi connectivity index (χ1v) is 5.16. The van der Waals surface area contributed by atoms with Gasteiger partial charge in [0.1, 0.15) is 6.29 Å². The van der Waals surface area contributed by atoms with Crippen LogP contribution in [0.4, 0.5) is 0 Å². The Labute approximate surface area is 88.3 Å². The van der Waals surface area contributed by atoms with E-state index in [2.05, 4.69) is 5.32 Å². The van der Waals surface area contributed by atoms with E-state index in [0.717, 1.165) is 36.3 Å². The summed E-state index contributed by atoms with van der Waals surface area (Å²) < 4.78 is 0. The van der Waals surface area contributed by atoms with Gasteiger partial charge in [-0.3, -0.25) is 0 Å². The summed E-state index contributed by atoms with van der Waals surface area (Å²) in [6.45, 7) is 0.885. The van der Waals surface area contributed by atoms with Crippen LogP contribution in [-0.2, 0) is 11.2 Å². The Bertz CT molecular complexity index is 351. The summed E-state index contributed by atoms with van der Waals surface area (Å²) in [5, 5.41) is 3.94. The minimum Gasteiger partial charge on any atom is -0.304 e. The number of fused-ring (bicyclic) bond motifs is 1. The van der Waals surface area contributed by atoms with Crippen molar-refractivity contribution in [2.75, 3.05) is 6.54 Å². The van der Waals surface area contributed by atoms with Gasteiger partial charge in [-0.1, -0.05) is 17.7 Å². The van der Waals surface area contributed by atoms with Crippen molar-refractivity contribution in [1.82, 2.24) is 5.32 Å². The second-order valence-electron chi connectivity index (χ2n) is 3.51. The van der Waals surface area contributed by atoms with E-state index in [9.17, 15) is 4.79 Å². The van der Waals surface area contributed by atoms with Gasteiger partial charge in [0, 0.05) is 5.02 Å². The van der Waals surface area contributed by atoms with Crippen LogP contribution < -0.4 is 5.32 Å². The summed E-state index contributed by atoms with van der Waals surface area (Å²) in [6, 6.07) is 5.57. The summed E-state index contributed by atoms with van der Waals surface area (Å²) in [6.07, 6.45) is 3.00. The van der Waals surface area contributed by atoms with E-state index in [-0.39, 0.29) is 6.04 Å². The zero-order valence-corrected chi connectivity index (χ0v) is 8.55. The smallest absolute Gasteiger partial charge is 0.141 e. The van der Waals surface area contributed by atoms with Gasteiger partial charge in [0.25, 0.3) is 0 Å². The molecule has 0 saturated heterocycles. The molecule has 0 bridgehead atoms. The van der Waals surface area contributed by atoms with Gasteiger partial charge in [-0.05, 0) is 42.6 Å². The van der Waals surface area contributed by atoms with Crippen molar-refractivity contribution in [3.63, 3.8) is 0 Å². The highest BCUT2D eigenvalue weighted by atomic mass is 35.5. The lowest BCUT2D eigenvalue weighted by Crippen LogP contribution is -2.21. The molecule has 1 aliphatic heterocycles. The van der Waals surface area contributed by atoms with Gasteiger partial charge in [-0.15, -0.1) is 0 Å². The van der Waals surface area contributed by atoms with Crippen molar-refractivity contribution < 1.29 is 4.79 Å². The number of nitrogens with one attached hydrogen (secondary N) is 1. The SMILES string of the molecule is O=CC1NCCCc2cc(Cl)ccc21. The summed E-state index contributed by atoms with van der Waals surface area (Å²) in [4.78, 5) is 10.9. The summed E-state index contributed by atoms with van der Waals surface area (Å²) >= 11 is 5.91. The Balaban J connectivity index is 2.44. The third-order valence-electron chi connectivity index (χ3n) is 2.56. The van der Waals surface area contributed by atoms with Crippen LogP contribution in [-0.4, -0.2) is 12.8 Å². The highest BCUT2D eigenvalue weighted by Crippen LogP contribution is 2.24.